The Morgan fingerprint density at radius 2 is 1.12 bits per heavy atom. The van der Waals surface area contributed by atoms with Crippen molar-refractivity contribution in [1.82, 2.24) is 14.7 Å². The molecule has 0 atom stereocenters. The molecule has 0 aliphatic carbocycles. The zero-order valence-corrected chi connectivity index (χ0v) is 25.1. The Morgan fingerprint density at radius 1 is 0.762 bits per heavy atom. The van der Waals surface area contributed by atoms with E-state index in [0.717, 1.165) is 76.3 Å². The summed E-state index contributed by atoms with van der Waals surface area (Å²) >= 11 is 0. The number of hydrogen-bond acceptors (Lipinski definition) is 9. The SMILES string of the molecule is CN(CCCN1Cc2cc([N+](=O)[O-])ccc2C(C)(C)C1)CCCN1Cc2cc([N+](=O)[O-])ccc2C(C)(C)C1.O=[N+]([O-])O. The van der Waals surface area contributed by atoms with Crippen molar-refractivity contribution < 1.29 is 20.1 Å². The number of nitro groups is 2. The fourth-order valence-electron chi connectivity index (χ4n) is 6.41. The minimum absolute atomic E-state index is 0.0319. The molecule has 2 aliphatic heterocycles. The summed E-state index contributed by atoms with van der Waals surface area (Å²) < 4.78 is 0. The minimum Gasteiger partial charge on any atom is -0.328 e. The maximum atomic E-state index is 11.2. The Balaban J connectivity index is 0.00000114. The van der Waals surface area contributed by atoms with Gasteiger partial charge in [-0.2, -0.15) is 0 Å². The van der Waals surface area contributed by atoms with Crippen LogP contribution in [-0.2, 0) is 23.9 Å². The first-order chi connectivity index (χ1) is 19.6. The van der Waals surface area contributed by atoms with Crippen LogP contribution < -0.4 is 0 Å². The van der Waals surface area contributed by atoms with Crippen molar-refractivity contribution in [2.75, 3.05) is 46.3 Å². The Morgan fingerprint density at radius 3 is 1.45 bits per heavy atom. The van der Waals surface area contributed by atoms with Crippen molar-refractivity contribution in [1.29, 1.82) is 0 Å². The van der Waals surface area contributed by atoms with Gasteiger partial charge in [0, 0.05) is 61.3 Å². The molecule has 0 radical (unpaired) electrons. The lowest BCUT2D eigenvalue weighted by Gasteiger charge is -2.40. The summed E-state index contributed by atoms with van der Waals surface area (Å²) in [5.41, 5.74) is 4.84. The van der Waals surface area contributed by atoms with Gasteiger partial charge in [0.2, 0.25) is 0 Å². The Hall–Kier alpha value is -3.68. The van der Waals surface area contributed by atoms with Gasteiger partial charge < -0.3 is 10.1 Å². The fourth-order valence-corrected chi connectivity index (χ4v) is 6.41. The molecule has 2 aromatic carbocycles. The number of fused-ring (bicyclic) bond motifs is 2. The first-order valence-electron chi connectivity index (χ1n) is 14.1. The summed E-state index contributed by atoms with van der Waals surface area (Å²) in [7, 11) is 2.16. The van der Waals surface area contributed by atoms with E-state index < -0.39 is 5.09 Å². The Labute approximate surface area is 246 Å². The highest BCUT2D eigenvalue weighted by Gasteiger charge is 2.33. The zero-order chi connectivity index (χ0) is 31.2. The van der Waals surface area contributed by atoms with E-state index in [1.54, 1.807) is 24.3 Å². The average molecular weight is 587 g/mol. The molecule has 13 heteroatoms. The van der Waals surface area contributed by atoms with Crippen LogP contribution in [0.4, 0.5) is 11.4 Å². The molecule has 0 saturated carbocycles. The van der Waals surface area contributed by atoms with Crippen molar-refractivity contribution >= 4 is 11.4 Å². The van der Waals surface area contributed by atoms with Crippen LogP contribution in [0.2, 0.25) is 0 Å². The van der Waals surface area contributed by atoms with Crippen LogP contribution in [0.3, 0.4) is 0 Å². The summed E-state index contributed by atoms with van der Waals surface area (Å²) in [6, 6.07) is 10.6. The standard InChI is InChI=1S/C29H41N5O4.HNO3/c1-28(2)20-31(18-22-16-24(33(35)36)8-10-26(22)28)14-6-12-30(5)13-7-15-32-19-23-17-25(34(37)38)9-11-27(23)29(3,4)21-32;2-1(3)4/h8-11,16-17H,6-7,12-15,18-21H2,1-5H3;(H,2,3,4). The Bertz CT molecular complexity index is 1200. The summed E-state index contributed by atoms with van der Waals surface area (Å²) in [5, 5.41) is 36.1. The first-order valence-corrected chi connectivity index (χ1v) is 14.1. The number of nitrogens with zero attached hydrogens (tertiary/aromatic N) is 6. The summed E-state index contributed by atoms with van der Waals surface area (Å²) in [4.78, 5) is 37.5. The molecule has 0 aromatic heterocycles. The monoisotopic (exact) mass is 586 g/mol. The third-order valence-corrected chi connectivity index (χ3v) is 8.11. The molecule has 0 amide bonds. The van der Waals surface area contributed by atoms with Crippen LogP contribution in [0.5, 0.6) is 0 Å². The van der Waals surface area contributed by atoms with Crippen molar-refractivity contribution in [3.63, 3.8) is 0 Å². The molecule has 0 spiro atoms. The summed E-state index contributed by atoms with van der Waals surface area (Å²) in [6.45, 7) is 16.2. The number of rotatable bonds is 10. The molecule has 2 heterocycles. The van der Waals surface area contributed by atoms with Crippen LogP contribution in [0.25, 0.3) is 0 Å². The van der Waals surface area contributed by atoms with Gasteiger partial charge in [0.1, 0.15) is 0 Å². The molecule has 0 fully saturated rings. The topological polar surface area (TPSA) is 159 Å². The smallest absolute Gasteiger partial charge is 0.291 e. The second-order valence-electron chi connectivity index (χ2n) is 12.6. The maximum Gasteiger partial charge on any atom is 0.291 e. The molecule has 0 bridgehead atoms. The molecule has 4 rings (SSSR count). The molecule has 230 valence electrons. The molecular weight excluding hydrogens is 544 g/mol. The normalized spacial score (nSPS) is 17.5. The molecule has 1 N–H and O–H groups in total. The van der Waals surface area contributed by atoms with E-state index in [1.807, 2.05) is 12.1 Å². The van der Waals surface area contributed by atoms with Gasteiger partial charge in [-0.05, 0) is 68.3 Å². The highest BCUT2D eigenvalue weighted by Crippen LogP contribution is 2.36. The molecule has 2 aliphatic rings. The summed E-state index contributed by atoms with van der Waals surface area (Å²) in [6.07, 6.45) is 2.09. The number of nitro benzene ring substituents is 2. The van der Waals surface area contributed by atoms with Crippen LogP contribution in [-0.4, -0.2) is 81.2 Å². The van der Waals surface area contributed by atoms with Crippen LogP contribution in [0.15, 0.2) is 36.4 Å². The quantitative estimate of drug-likeness (QED) is 0.304. The lowest BCUT2D eigenvalue weighted by atomic mass is 9.78. The number of non-ortho nitro benzene ring substituents is 2. The van der Waals surface area contributed by atoms with Gasteiger partial charge in [-0.25, -0.2) is 0 Å². The van der Waals surface area contributed by atoms with E-state index in [2.05, 4.69) is 49.4 Å². The molecule has 0 unspecified atom stereocenters. The second-order valence-corrected chi connectivity index (χ2v) is 12.6. The van der Waals surface area contributed by atoms with Gasteiger partial charge in [0.05, 0.1) is 9.85 Å². The second kappa shape index (κ2) is 13.5. The predicted octanol–water partition coefficient (Wildman–Crippen LogP) is 4.75. The van der Waals surface area contributed by atoms with Gasteiger partial charge in [-0.3, -0.25) is 30.0 Å². The van der Waals surface area contributed by atoms with Crippen LogP contribution in [0.1, 0.15) is 62.8 Å². The van der Waals surface area contributed by atoms with Gasteiger partial charge >= 0.3 is 0 Å². The van der Waals surface area contributed by atoms with Gasteiger partial charge in [0.15, 0.2) is 0 Å². The van der Waals surface area contributed by atoms with E-state index in [0.29, 0.717) is 0 Å². The molecular formula is C29H42N6O7. The predicted molar refractivity (Wildman–Crippen MR) is 158 cm³/mol. The maximum absolute atomic E-state index is 11.2. The minimum atomic E-state index is -1.50. The summed E-state index contributed by atoms with van der Waals surface area (Å²) in [5.74, 6) is 0. The Kier molecular flexibility index (Phi) is 10.6. The van der Waals surface area contributed by atoms with Crippen molar-refractivity contribution in [2.24, 2.45) is 0 Å². The third-order valence-electron chi connectivity index (χ3n) is 8.11. The molecule has 0 saturated heterocycles. The highest BCUT2D eigenvalue weighted by molar-refractivity contribution is 5.45. The average Bonchev–Trinajstić information content (AvgIpc) is 2.87. The lowest BCUT2D eigenvalue weighted by Crippen LogP contribution is -2.43. The van der Waals surface area contributed by atoms with Crippen molar-refractivity contribution in [2.45, 2.75) is 64.5 Å². The lowest BCUT2D eigenvalue weighted by molar-refractivity contribution is -0.742. The fraction of sp³-hybridized carbons (Fsp3) is 0.586. The van der Waals surface area contributed by atoms with Crippen LogP contribution in [0, 0.1) is 30.3 Å². The first kappa shape index (κ1) is 32.8. The third kappa shape index (κ3) is 8.66. The van der Waals surface area contributed by atoms with Gasteiger partial charge in [0.25, 0.3) is 16.5 Å². The number of benzene rings is 2. The number of hydrogen-bond donors (Lipinski definition) is 1. The van der Waals surface area contributed by atoms with E-state index in [-0.39, 0.29) is 32.1 Å². The van der Waals surface area contributed by atoms with Gasteiger partial charge in [-0.1, -0.05) is 39.8 Å². The van der Waals surface area contributed by atoms with E-state index in [4.69, 9.17) is 15.3 Å². The molecule has 2 aromatic rings. The van der Waals surface area contributed by atoms with E-state index in [1.165, 1.54) is 11.1 Å². The van der Waals surface area contributed by atoms with Gasteiger partial charge in [-0.15, -0.1) is 10.1 Å². The highest BCUT2D eigenvalue weighted by atomic mass is 16.9. The van der Waals surface area contributed by atoms with E-state index >= 15 is 0 Å². The molecule has 42 heavy (non-hydrogen) atoms. The largest absolute Gasteiger partial charge is 0.328 e. The van der Waals surface area contributed by atoms with Crippen LogP contribution >= 0.6 is 0 Å². The van der Waals surface area contributed by atoms with Crippen molar-refractivity contribution in [3.05, 3.63) is 89.0 Å². The zero-order valence-electron chi connectivity index (χ0n) is 25.1. The van der Waals surface area contributed by atoms with E-state index in [9.17, 15) is 20.2 Å². The van der Waals surface area contributed by atoms with Crippen molar-refractivity contribution in [3.8, 4) is 0 Å². The molecule has 13 nitrogen and oxygen atoms in total.